The van der Waals surface area contributed by atoms with Crippen molar-refractivity contribution in [2.75, 3.05) is 6.61 Å². The average molecular weight is 633 g/mol. The highest BCUT2D eigenvalue weighted by molar-refractivity contribution is 5.66. The van der Waals surface area contributed by atoms with Crippen molar-refractivity contribution in [1.29, 1.82) is 0 Å². The molecule has 6 aliphatic rings. The van der Waals surface area contributed by atoms with E-state index in [2.05, 4.69) is 48.1 Å². The first-order valence-corrected chi connectivity index (χ1v) is 17.8. The van der Waals surface area contributed by atoms with E-state index in [9.17, 15) is 25.2 Å². The van der Waals surface area contributed by atoms with E-state index < -0.39 is 42.9 Å². The van der Waals surface area contributed by atoms with Gasteiger partial charge in [-0.2, -0.15) is 0 Å². The van der Waals surface area contributed by atoms with Crippen LogP contribution in [0.1, 0.15) is 113 Å². The van der Waals surface area contributed by atoms with E-state index in [1.165, 1.54) is 12.5 Å². The summed E-state index contributed by atoms with van der Waals surface area (Å²) >= 11 is 0. The lowest BCUT2D eigenvalue weighted by molar-refractivity contribution is -0.346. The number of carbonyl (C=O) groups is 1. The van der Waals surface area contributed by atoms with Crippen LogP contribution < -0.4 is 0 Å². The topological polar surface area (TPSA) is 126 Å². The molecule has 0 unspecified atom stereocenters. The summed E-state index contributed by atoms with van der Waals surface area (Å²) < 4.78 is 18.8. The number of hydrogen-bond donors (Lipinski definition) is 4. The standard InChI is InChI=1S/C37H60O8/c1-20(2)22-11-16-37(45-32-31(42)30(41)29(40)24(19-38)44-32)18-17-35(7)23(28(22)37)9-10-26-34(6)14-13-27(43-21(3)39)33(4,5)25(34)12-15-36(26,35)8/h22-32,38,40-42H,1,9-19H2,2-8H3/t22-,23+,24+,25-,26+,27-,28+,29+,30-,31-,32+,34-,35+,36+,37-/m0/s1. The summed E-state index contributed by atoms with van der Waals surface area (Å²) in [6, 6.07) is 0. The Morgan fingerprint density at radius 2 is 1.53 bits per heavy atom. The summed E-state index contributed by atoms with van der Waals surface area (Å²) in [5, 5.41) is 41.8. The zero-order valence-corrected chi connectivity index (χ0v) is 28.8. The largest absolute Gasteiger partial charge is 0.462 e. The van der Waals surface area contributed by atoms with Crippen molar-refractivity contribution in [3.05, 3.63) is 12.2 Å². The molecule has 0 bridgehead atoms. The Labute approximate surface area is 270 Å². The third kappa shape index (κ3) is 4.77. The summed E-state index contributed by atoms with van der Waals surface area (Å²) in [5.41, 5.74) is 0.975. The predicted octanol–water partition coefficient (Wildman–Crippen LogP) is 5.14. The number of aliphatic hydroxyl groups excluding tert-OH is 4. The number of rotatable bonds is 5. The first-order valence-electron chi connectivity index (χ1n) is 17.8. The molecule has 15 atom stereocenters. The molecule has 5 aliphatic carbocycles. The van der Waals surface area contributed by atoms with Crippen LogP contribution in [0.3, 0.4) is 0 Å². The van der Waals surface area contributed by atoms with Gasteiger partial charge in [-0.25, -0.2) is 0 Å². The highest BCUT2D eigenvalue weighted by Gasteiger charge is 2.72. The quantitative estimate of drug-likeness (QED) is 0.187. The van der Waals surface area contributed by atoms with Gasteiger partial charge in [0.1, 0.15) is 30.5 Å². The molecule has 4 N–H and O–H groups in total. The molecule has 8 heteroatoms. The van der Waals surface area contributed by atoms with Gasteiger partial charge in [0, 0.05) is 12.3 Å². The molecule has 0 aromatic rings. The molecule has 0 aromatic carbocycles. The van der Waals surface area contributed by atoms with Gasteiger partial charge in [0.2, 0.25) is 0 Å². The molecule has 1 saturated heterocycles. The summed E-state index contributed by atoms with van der Waals surface area (Å²) in [6.07, 6.45) is 3.84. The minimum atomic E-state index is -1.45. The van der Waals surface area contributed by atoms with Gasteiger partial charge in [0.15, 0.2) is 6.29 Å². The minimum absolute atomic E-state index is 0.0333. The first-order chi connectivity index (χ1) is 21.0. The molecule has 0 amide bonds. The van der Waals surface area contributed by atoms with E-state index in [0.29, 0.717) is 23.7 Å². The Morgan fingerprint density at radius 3 is 2.18 bits per heavy atom. The Balaban J connectivity index is 1.32. The Kier molecular flexibility index (Phi) is 8.48. The van der Waals surface area contributed by atoms with Crippen molar-refractivity contribution in [2.24, 2.45) is 51.2 Å². The van der Waals surface area contributed by atoms with E-state index in [-0.39, 0.29) is 39.7 Å². The van der Waals surface area contributed by atoms with Crippen molar-refractivity contribution in [2.45, 2.75) is 155 Å². The van der Waals surface area contributed by atoms with E-state index in [4.69, 9.17) is 14.2 Å². The fourth-order valence-electron chi connectivity index (χ4n) is 13.1. The van der Waals surface area contributed by atoms with Crippen LogP contribution in [-0.2, 0) is 19.0 Å². The second-order valence-corrected chi connectivity index (χ2v) is 17.5. The predicted molar refractivity (Wildman–Crippen MR) is 170 cm³/mol. The van der Waals surface area contributed by atoms with Gasteiger partial charge >= 0.3 is 5.97 Å². The lowest BCUT2D eigenvalue weighted by atomic mass is 9.33. The van der Waals surface area contributed by atoms with Gasteiger partial charge in [-0.05, 0) is 117 Å². The fraction of sp³-hybridized carbons (Fsp3) is 0.919. The van der Waals surface area contributed by atoms with Gasteiger partial charge in [0.05, 0.1) is 12.2 Å². The SMILES string of the molecule is C=C(C)[C@@H]1CC[C@]2(O[C@H]3O[C@H](CO)[C@@H](O)[C@H](O)[C@@H]3O)CC[C@]3(C)[C@H](CC[C@@H]4[C@@]5(C)CC[C@H](OC(C)=O)C(C)(C)[C@@H]5CC[C@]43C)[C@@H]12. The Morgan fingerprint density at radius 1 is 0.822 bits per heavy atom. The van der Waals surface area contributed by atoms with Crippen LogP contribution in [-0.4, -0.2) is 75.4 Å². The molecular formula is C37H60O8. The average Bonchev–Trinajstić information content (AvgIpc) is 3.35. The summed E-state index contributed by atoms with van der Waals surface area (Å²) in [6.45, 7) is 20.0. The molecule has 1 aliphatic heterocycles. The highest BCUT2D eigenvalue weighted by Crippen LogP contribution is 2.77. The maximum absolute atomic E-state index is 12.0. The molecule has 5 saturated carbocycles. The van der Waals surface area contributed by atoms with Crippen LogP contribution in [0.2, 0.25) is 0 Å². The number of fused-ring (bicyclic) bond motifs is 7. The fourth-order valence-corrected chi connectivity index (χ4v) is 13.1. The van der Waals surface area contributed by atoms with E-state index in [1.807, 2.05) is 0 Å². The molecule has 0 radical (unpaired) electrons. The van der Waals surface area contributed by atoms with Gasteiger partial charge in [-0.15, -0.1) is 0 Å². The van der Waals surface area contributed by atoms with Crippen LogP contribution in [0, 0.1) is 51.2 Å². The monoisotopic (exact) mass is 632 g/mol. The molecule has 0 spiro atoms. The smallest absolute Gasteiger partial charge is 0.302 e. The molecule has 256 valence electrons. The summed E-state index contributed by atoms with van der Waals surface area (Å²) in [7, 11) is 0. The van der Waals surface area contributed by atoms with Crippen molar-refractivity contribution in [3.8, 4) is 0 Å². The van der Waals surface area contributed by atoms with E-state index in [1.54, 1.807) is 0 Å². The van der Waals surface area contributed by atoms with Crippen molar-refractivity contribution < 1.29 is 39.4 Å². The van der Waals surface area contributed by atoms with E-state index >= 15 is 0 Å². The molecule has 45 heavy (non-hydrogen) atoms. The lowest BCUT2D eigenvalue weighted by Gasteiger charge is -2.73. The van der Waals surface area contributed by atoms with Gasteiger partial charge in [-0.3, -0.25) is 4.79 Å². The van der Waals surface area contributed by atoms with Crippen LogP contribution >= 0.6 is 0 Å². The summed E-state index contributed by atoms with van der Waals surface area (Å²) in [5.74, 6) is 1.81. The van der Waals surface area contributed by atoms with Crippen molar-refractivity contribution >= 4 is 5.97 Å². The molecule has 6 fully saturated rings. The van der Waals surface area contributed by atoms with Gasteiger partial charge < -0.3 is 34.6 Å². The third-order valence-corrected chi connectivity index (χ3v) is 15.4. The number of carbonyl (C=O) groups excluding carboxylic acids is 1. The molecular weight excluding hydrogens is 572 g/mol. The maximum Gasteiger partial charge on any atom is 0.302 e. The number of aliphatic hydroxyl groups is 4. The first kappa shape index (κ1) is 33.9. The second-order valence-electron chi connectivity index (χ2n) is 17.5. The Bertz CT molecular complexity index is 1170. The highest BCUT2D eigenvalue weighted by atomic mass is 16.7. The zero-order chi connectivity index (χ0) is 32.9. The number of esters is 1. The van der Waals surface area contributed by atoms with Gasteiger partial charge in [0.25, 0.3) is 0 Å². The van der Waals surface area contributed by atoms with Gasteiger partial charge in [-0.1, -0.05) is 46.8 Å². The van der Waals surface area contributed by atoms with Crippen LogP contribution in [0.15, 0.2) is 12.2 Å². The normalized spacial score (nSPS) is 53.8. The minimum Gasteiger partial charge on any atom is -0.462 e. The second kappa shape index (κ2) is 11.3. The third-order valence-electron chi connectivity index (χ3n) is 15.4. The maximum atomic E-state index is 12.0. The van der Waals surface area contributed by atoms with E-state index in [0.717, 1.165) is 64.2 Å². The molecule has 6 rings (SSSR count). The number of ether oxygens (including phenoxy) is 3. The molecule has 1 heterocycles. The molecule has 8 nitrogen and oxygen atoms in total. The number of allylic oxidation sites excluding steroid dienone is 1. The van der Waals surface area contributed by atoms with Crippen LogP contribution in [0.5, 0.6) is 0 Å². The zero-order valence-electron chi connectivity index (χ0n) is 28.8. The van der Waals surface area contributed by atoms with Crippen LogP contribution in [0.4, 0.5) is 0 Å². The van der Waals surface area contributed by atoms with Crippen molar-refractivity contribution in [1.82, 2.24) is 0 Å². The number of hydrogen-bond acceptors (Lipinski definition) is 8. The molecule has 0 aromatic heterocycles. The van der Waals surface area contributed by atoms with Crippen LogP contribution in [0.25, 0.3) is 0 Å². The lowest BCUT2D eigenvalue weighted by Crippen LogP contribution is -2.68. The Hall–Kier alpha value is -1.03. The summed E-state index contributed by atoms with van der Waals surface area (Å²) in [4.78, 5) is 12.0. The van der Waals surface area contributed by atoms with Crippen molar-refractivity contribution in [3.63, 3.8) is 0 Å².